The minimum Gasteiger partial charge on any atom is -0.393 e. The van der Waals surface area contributed by atoms with Gasteiger partial charge in [0.1, 0.15) is 0 Å². The van der Waals surface area contributed by atoms with Crippen LogP contribution in [0, 0.1) is 39.4 Å². The second kappa shape index (κ2) is 7.09. The smallest absolute Gasteiger partial charge is 0.0594 e. The first-order valence-electron chi connectivity index (χ1n) is 14.0. The van der Waals surface area contributed by atoms with E-state index in [1.54, 1.807) is 0 Å². The summed E-state index contributed by atoms with van der Waals surface area (Å²) in [6.45, 7) is 19.9. The van der Waals surface area contributed by atoms with Gasteiger partial charge in [0.15, 0.2) is 0 Å². The van der Waals surface area contributed by atoms with E-state index in [1.807, 2.05) is 11.1 Å². The first-order valence-corrected chi connectivity index (χ1v) is 14.0. The zero-order valence-electron chi connectivity index (χ0n) is 22.4. The van der Waals surface area contributed by atoms with Crippen molar-refractivity contribution in [1.82, 2.24) is 5.32 Å². The fourth-order valence-electron chi connectivity index (χ4n) is 10.1. The van der Waals surface area contributed by atoms with Crippen LogP contribution in [0.5, 0.6) is 0 Å². The summed E-state index contributed by atoms with van der Waals surface area (Å²) in [5.41, 5.74) is 5.34. The summed E-state index contributed by atoms with van der Waals surface area (Å²) in [6.07, 6.45) is 12.9. The van der Waals surface area contributed by atoms with Crippen LogP contribution in [0.3, 0.4) is 0 Å². The van der Waals surface area contributed by atoms with E-state index in [4.69, 9.17) is 0 Å². The van der Waals surface area contributed by atoms with Crippen molar-refractivity contribution in [1.29, 1.82) is 0 Å². The maximum absolute atomic E-state index is 10.8. The van der Waals surface area contributed by atoms with Gasteiger partial charge in [0.05, 0.1) is 6.10 Å². The maximum Gasteiger partial charge on any atom is 0.0594 e. The van der Waals surface area contributed by atoms with Crippen molar-refractivity contribution < 1.29 is 5.11 Å². The van der Waals surface area contributed by atoms with Crippen molar-refractivity contribution in [2.45, 2.75) is 137 Å². The Morgan fingerprint density at radius 3 is 2.25 bits per heavy atom. The van der Waals surface area contributed by atoms with E-state index in [-0.39, 0.29) is 11.5 Å². The van der Waals surface area contributed by atoms with Crippen molar-refractivity contribution >= 4 is 0 Å². The molecule has 3 fully saturated rings. The second-order valence-electron chi connectivity index (χ2n) is 14.7. The lowest BCUT2D eigenvalue weighted by Gasteiger charge is -2.62. The summed E-state index contributed by atoms with van der Waals surface area (Å²) in [5, 5.41) is 14.5. The largest absolute Gasteiger partial charge is 0.393 e. The number of fused-ring (bicyclic) bond motifs is 4. The molecule has 0 aromatic rings. The molecular weight excluding hydrogens is 390 g/mol. The van der Waals surface area contributed by atoms with Gasteiger partial charge >= 0.3 is 0 Å². The molecule has 2 saturated carbocycles. The number of allylic oxidation sites excluding steroid dienone is 2. The molecule has 8 atom stereocenters. The Bertz CT molecular complexity index is 810. The third-order valence-electron chi connectivity index (χ3n) is 12.7. The van der Waals surface area contributed by atoms with Gasteiger partial charge in [-0.1, -0.05) is 52.7 Å². The van der Waals surface area contributed by atoms with Crippen LogP contribution in [0.15, 0.2) is 11.1 Å². The molecule has 5 rings (SSSR count). The predicted octanol–water partition coefficient (Wildman–Crippen LogP) is 7.26. The van der Waals surface area contributed by atoms with Gasteiger partial charge in [-0.25, -0.2) is 0 Å². The van der Waals surface area contributed by atoms with Gasteiger partial charge in [0.25, 0.3) is 0 Å². The fourth-order valence-corrected chi connectivity index (χ4v) is 10.1. The molecule has 1 heterocycles. The Labute approximate surface area is 198 Å². The highest BCUT2D eigenvalue weighted by Crippen LogP contribution is 2.72. The number of aliphatic hydroxyl groups excluding tert-OH is 1. The Hall–Kier alpha value is -0.340. The van der Waals surface area contributed by atoms with Crippen molar-refractivity contribution in [2.75, 3.05) is 0 Å². The summed E-state index contributed by atoms with van der Waals surface area (Å²) in [6, 6.07) is 0.742. The normalized spacial score (nSPS) is 49.8. The van der Waals surface area contributed by atoms with Crippen LogP contribution in [0.2, 0.25) is 0 Å². The van der Waals surface area contributed by atoms with Crippen LogP contribution in [-0.2, 0) is 0 Å². The third kappa shape index (κ3) is 3.03. The molecule has 182 valence electrons. The van der Waals surface area contributed by atoms with Crippen molar-refractivity contribution in [3.8, 4) is 0 Å². The zero-order chi connectivity index (χ0) is 23.3. The summed E-state index contributed by atoms with van der Waals surface area (Å²) < 4.78 is 0. The van der Waals surface area contributed by atoms with Gasteiger partial charge in [-0.3, -0.25) is 0 Å². The molecule has 0 aromatic carbocycles. The monoisotopic (exact) mass is 441 g/mol. The van der Waals surface area contributed by atoms with Gasteiger partial charge in [0, 0.05) is 11.6 Å². The molecular formula is C30H51NO. The van der Waals surface area contributed by atoms with E-state index in [0.717, 1.165) is 24.3 Å². The number of rotatable bonds is 4. The van der Waals surface area contributed by atoms with Crippen LogP contribution >= 0.6 is 0 Å². The molecule has 0 aromatic heterocycles. The number of aliphatic hydroxyl groups is 1. The highest BCUT2D eigenvalue weighted by molar-refractivity contribution is 5.38. The lowest BCUT2D eigenvalue weighted by atomic mass is 9.43. The molecule has 2 unspecified atom stereocenters. The highest BCUT2D eigenvalue weighted by Gasteiger charge is 2.63. The minimum atomic E-state index is -0.130. The SMILES string of the molecule is C[C@H](CCC1NC1(C)C)C1CC[C@@]2(C)C3=C(CC[C@]12C)[C@@]1(C)CC[C@H](O)C(C)(C)[C@@H]1CC3. The summed E-state index contributed by atoms with van der Waals surface area (Å²) in [7, 11) is 0. The van der Waals surface area contributed by atoms with Crippen LogP contribution in [0.1, 0.15) is 120 Å². The zero-order valence-corrected chi connectivity index (χ0v) is 22.4. The first kappa shape index (κ1) is 23.4. The summed E-state index contributed by atoms with van der Waals surface area (Å²) in [4.78, 5) is 0. The predicted molar refractivity (Wildman–Crippen MR) is 134 cm³/mol. The molecule has 0 radical (unpaired) electrons. The average Bonchev–Trinajstić information content (AvgIpc) is 3.22. The van der Waals surface area contributed by atoms with Crippen molar-refractivity contribution in [3.05, 3.63) is 11.1 Å². The van der Waals surface area contributed by atoms with Crippen LogP contribution in [-0.4, -0.2) is 22.8 Å². The fraction of sp³-hybridized carbons (Fsp3) is 0.933. The molecule has 5 aliphatic rings. The molecule has 2 N–H and O–H groups in total. The molecule has 1 aliphatic heterocycles. The average molecular weight is 442 g/mol. The van der Waals surface area contributed by atoms with Crippen LogP contribution < -0.4 is 5.32 Å². The van der Waals surface area contributed by atoms with Crippen molar-refractivity contribution in [2.24, 2.45) is 39.4 Å². The van der Waals surface area contributed by atoms with Gasteiger partial charge in [-0.05, 0) is 117 Å². The number of hydrogen-bond acceptors (Lipinski definition) is 2. The van der Waals surface area contributed by atoms with Crippen molar-refractivity contribution in [3.63, 3.8) is 0 Å². The number of hydrogen-bond donors (Lipinski definition) is 2. The molecule has 4 aliphatic carbocycles. The van der Waals surface area contributed by atoms with Crippen LogP contribution in [0.25, 0.3) is 0 Å². The molecule has 0 amide bonds. The molecule has 1 saturated heterocycles. The Morgan fingerprint density at radius 2 is 1.59 bits per heavy atom. The van der Waals surface area contributed by atoms with Gasteiger partial charge < -0.3 is 10.4 Å². The topological polar surface area (TPSA) is 42.2 Å². The van der Waals surface area contributed by atoms with E-state index < -0.39 is 0 Å². The molecule has 2 heteroatoms. The summed E-state index contributed by atoms with van der Waals surface area (Å²) >= 11 is 0. The third-order valence-corrected chi connectivity index (χ3v) is 12.7. The molecule has 0 spiro atoms. The lowest BCUT2D eigenvalue weighted by molar-refractivity contribution is -0.0962. The molecule has 32 heavy (non-hydrogen) atoms. The van der Waals surface area contributed by atoms with E-state index >= 15 is 0 Å². The van der Waals surface area contributed by atoms with E-state index in [2.05, 4.69) is 60.7 Å². The van der Waals surface area contributed by atoms with Crippen LogP contribution in [0.4, 0.5) is 0 Å². The Morgan fingerprint density at radius 1 is 0.906 bits per heavy atom. The Balaban J connectivity index is 1.41. The maximum atomic E-state index is 10.8. The second-order valence-corrected chi connectivity index (χ2v) is 14.7. The van der Waals surface area contributed by atoms with E-state index in [1.165, 1.54) is 57.8 Å². The molecule has 0 bridgehead atoms. The number of nitrogens with one attached hydrogen (secondary N) is 1. The molecule has 2 nitrogen and oxygen atoms in total. The standard InChI is InChI=1S/C30H51NO/c1-19(9-12-24-27(4,5)31-24)20-13-17-30(8)22-10-11-23-26(2,3)25(32)15-16-28(23,6)21(22)14-18-29(20,30)7/h19-20,23-25,31-32H,9-18H2,1-8H3/t19-,20?,23+,24?,25+,28-,29-,30+/m1/s1. The van der Waals surface area contributed by atoms with Gasteiger partial charge in [-0.15, -0.1) is 0 Å². The quantitative estimate of drug-likeness (QED) is 0.356. The Kier molecular flexibility index (Phi) is 5.19. The van der Waals surface area contributed by atoms with E-state index in [0.29, 0.717) is 27.7 Å². The summed E-state index contributed by atoms with van der Waals surface area (Å²) in [5.74, 6) is 2.34. The minimum absolute atomic E-state index is 0.0462. The lowest BCUT2D eigenvalue weighted by Crippen LogP contribution is -2.55. The highest BCUT2D eigenvalue weighted by atomic mass is 16.3. The first-order chi connectivity index (χ1) is 14.8. The van der Waals surface area contributed by atoms with Gasteiger partial charge in [0.2, 0.25) is 0 Å². The van der Waals surface area contributed by atoms with Gasteiger partial charge in [-0.2, -0.15) is 0 Å². The van der Waals surface area contributed by atoms with E-state index in [9.17, 15) is 5.11 Å².